The van der Waals surface area contributed by atoms with E-state index in [4.69, 9.17) is 4.74 Å². The van der Waals surface area contributed by atoms with Crippen LogP contribution < -0.4 is 4.74 Å². The molecule has 1 fully saturated rings. The van der Waals surface area contributed by atoms with Gasteiger partial charge in [-0.1, -0.05) is 18.2 Å². The van der Waals surface area contributed by atoms with Crippen LogP contribution >= 0.6 is 0 Å². The first kappa shape index (κ1) is 15.9. The van der Waals surface area contributed by atoms with Gasteiger partial charge < -0.3 is 9.84 Å². The van der Waals surface area contributed by atoms with E-state index in [1.54, 1.807) is 19.2 Å². The third kappa shape index (κ3) is 3.51. The first-order chi connectivity index (χ1) is 11.1. The molecule has 1 aliphatic heterocycles. The molecule has 1 saturated heterocycles. The Morgan fingerprint density at radius 2 is 1.91 bits per heavy atom. The lowest BCUT2D eigenvalue weighted by molar-refractivity contribution is -0.0308. The summed E-state index contributed by atoms with van der Waals surface area (Å²) in [4.78, 5) is 5.92. The number of nitrogens with zero attached hydrogens (tertiary/aromatic N) is 2. The van der Waals surface area contributed by atoms with Gasteiger partial charge in [0.05, 0.1) is 12.7 Å². The summed E-state index contributed by atoms with van der Waals surface area (Å²) >= 11 is 0. The van der Waals surface area contributed by atoms with E-state index in [2.05, 4.69) is 9.88 Å². The summed E-state index contributed by atoms with van der Waals surface area (Å²) in [5.41, 5.74) is 0.391. The van der Waals surface area contributed by atoms with Crippen molar-refractivity contribution in [2.24, 2.45) is 0 Å². The van der Waals surface area contributed by atoms with Crippen LogP contribution in [0.15, 0.2) is 42.6 Å². The molecule has 0 atom stereocenters. The first-order valence-electron chi connectivity index (χ1n) is 7.79. The Morgan fingerprint density at radius 3 is 2.52 bits per heavy atom. The van der Waals surface area contributed by atoms with Crippen LogP contribution in [-0.2, 0) is 12.1 Å². The molecule has 1 aromatic heterocycles. The molecule has 23 heavy (non-hydrogen) atoms. The Labute approximate surface area is 135 Å². The quantitative estimate of drug-likeness (QED) is 0.881. The van der Waals surface area contributed by atoms with Gasteiger partial charge in [0.2, 0.25) is 5.95 Å². The minimum absolute atomic E-state index is 0.309. The van der Waals surface area contributed by atoms with Crippen molar-refractivity contribution in [1.82, 2.24) is 9.88 Å². The maximum Gasteiger partial charge on any atom is 0.218 e. The van der Waals surface area contributed by atoms with Crippen molar-refractivity contribution in [2.75, 3.05) is 20.2 Å². The van der Waals surface area contributed by atoms with Gasteiger partial charge in [-0.3, -0.25) is 4.90 Å². The third-order valence-corrected chi connectivity index (χ3v) is 4.51. The van der Waals surface area contributed by atoms with Crippen LogP contribution in [0.3, 0.4) is 0 Å². The highest BCUT2D eigenvalue weighted by atomic mass is 19.1. The smallest absolute Gasteiger partial charge is 0.218 e. The molecule has 122 valence electrons. The molecule has 0 aliphatic carbocycles. The lowest BCUT2D eigenvalue weighted by Crippen LogP contribution is -2.42. The second-order valence-corrected chi connectivity index (χ2v) is 6.00. The fourth-order valence-corrected chi connectivity index (χ4v) is 3.07. The van der Waals surface area contributed by atoms with Crippen LogP contribution in [-0.4, -0.2) is 35.2 Å². The number of piperidine rings is 1. The molecule has 0 unspecified atom stereocenters. The minimum atomic E-state index is -1.12. The molecule has 4 nitrogen and oxygen atoms in total. The topological polar surface area (TPSA) is 45.6 Å². The van der Waals surface area contributed by atoms with E-state index in [9.17, 15) is 9.50 Å². The number of likely N-dealkylation sites (tertiary alicyclic amines) is 1. The zero-order valence-corrected chi connectivity index (χ0v) is 13.2. The number of rotatable bonds is 4. The number of benzene rings is 1. The highest BCUT2D eigenvalue weighted by molar-refractivity contribution is 5.27. The summed E-state index contributed by atoms with van der Waals surface area (Å²) in [6.45, 7) is 2.25. The van der Waals surface area contributed by atoms with E-state index in [-0.39, 0.29) is 0 Å². The van der Waals surface area contributed by atoms with Gasteiger partial charge in [0.1, 0.15) is 5.75 Å². The van der Waals surface area contributed by atoms with Crippen LogP contribution in [0.4, 0.5) is 4.39 Å². The lowest BCUT2D eigenvalue weighted by atomic mass is 9.85. The lowest BCUT2D eigenvalue weighted by Gasteiger charge is -2.38. The SMILES string of the molecule is COc1ccc(CN2CCC(O)(c3cccnc3F)CC2)cc1. The molecule has 3 rings (SSSR count). The molecule has 0 radical (unpaired) electrons. The van der Waals surface area contributed by atoms with E-state index >= 15 is 0 Å². The predicted octanol–water partition coefficient (Wildman–Crippen LogP) is 2.71. The van der Waals surface area contributed by atoms with Gasteiger partial charge >= 0.3 is 0 Å². The second kappa shape index (κ2) is 6.64. The summed E-state index contributed by atoms with van der Waals surface area (Å²) in [5.74, 6) is 0.271. The van der Waals surface area contributed by atoms with E-state index in [1.165, 1.54) is 11.8 Å². The van der Waals surface area contributed by atoms with Crippen molar-refractivity contribution in [3.8, 4) is 5.75 Å². The van der Waals surface area contributed by atoms with Crippen LogP contribution in [0.2, 0.25) is 0 Å². The Morgan fingerprint density at radius 1 is 1.22 bits per heavy atom. The van der Waals surface area contributed by atoms with Crippen LogP contribution in [0, 0.1) is 5.95 Å². The Bertz CT molecular complexity index is 652. The number of methoxy groups -OCH3 is 1. The van der Waals surface area contributed by atoms with Crippen molar-refractivity contribution in [2.45, 2.75) is 25.0 Å². The van der Waals surface area contributed by atoms with Crippen molar-refractivity contribution in [1.29, 1.82) is 0 Å². The summed E-state index contributed by atoms with van der Waals surface area (Å²) in [6.07, 6.45) is 2.42. The van der Waals surface area contributed by atoms with Crippen LogP contribution in [0.25, 0.3) is 0 Å². The van der Waals surface area contributed by atoms with Gasteiger partial charge in [0.25, 0.3) is 0 Å². The molecule has 0 saturated carbocycles. The molecule has 0 bridgehead atoms. The number of ether oxygens (including phenoxy) is 1. The van der Waals surface area contributed by atoms with Crippen LogP contribution in [0.5, 0.6) is 5.75 Å². The van der Waals surface area contributed by atoms with Crippen molar-refractivity contribution >= 4 is 0 Å². The van der Waals surface area contributed by atoms with Gasteiger partial charge in [-0.05, 0) is 36.6 Å². The Balaban J connectivity index is 1.62. The first-order valence-corrected chi connectivity index (χ1v) is 7.79. The van der Waals surface area contributed by atoms with Crippen molar-refractivity contribution in [3.05, 3.63) is 59.7 Å². The predicted molar refractivity (Wildman–Crippen MR) is 85.6 cm³/mol. The monoisotopic (exact) mass is 316 g/mol. The molecule has 5 heteroatoms. The Hall–Kier alpha value is -1.98. The number of aliphatic hydroxyl groups is 1. The number of pyridine rings is 1. The maximum atomic E-state index is 13.8. The fraction of sp³-hybridized carbons (Fsp3) is 0.389. The normalized spacial score (nSPS) is 17.9. The van der Waals surface area contributed by atoms with Crippen molar-refractivity contribution in [3.63, 3.8) is 0 Å². The van der Waals surface area contributed by atoms with Gasteiger partial charge in [-0.15, -0.1) is 0 Å². The largest absolute Gasteiger partial charge is 0.497 e. The molecule has 1 aromatic carbocycles. The molecule has 1 aliphatic rings. The van der Waals surface area contributed by atoms with Crippen LogP contribution in [0.1, 0.15) is 24.0 Å². The zero-order valence-electron chi connectivity index (χ0n) is 13.2. The zero-order chi connectivity index (χ0) is 16.3. The number of halogens is 1. The summed E-state index contributed by atoms with van der Waals surface area (Å²) < 4.78 is 19.0. The molecular weight excluding hydrogens is 295 g/mol. The van der Waals surface area contributed by atoms with E-state index in [0.29, 0.717) is 18.4 Å². The average Bonchev–Trinajstić information content (AvgIpc) is 2.58. The number of hydrogen-bond donors (Lipinski definition) is 1. The minimum Gasteiger partial charge on any atom is -0.497 e. The molecule has 2 aromatic rings. The molecule has 2 heterocycles. The van der Waals surface area contributed by atoms with Gasteiger partial charge in [-0.25, -0.2) is 4.98 Å². The molecular formula is C18H21FN2O2. The average molecular weight is 316 g/mol. The highest BCUT2D eigenvalue weighted by Crippen LogP contribution is 2.34. The summed E-state index contributed by atoms with van der Waals surface area (Å²) in [6, 6.07) is 11.3. The van der Waals surface area contributed by atoms with E-state index < -0.39 is 11.5 Å². The highest BCUT2D eigenvalue weighted by Gasteiger charge is 2.36. The standard InChI is InChI=1S/C18H21FN2O2/c1-23-15-6-4-14(5-7-15)13-21-11-8-18(22,9-12-21)16-3-2-10-20-17(16)19/h2-7,10,22H,8-9,11-13H2,1H3. The number of hydrogen-bond acceptors (Lipinski definition) is 4. The van der Waals surface area contributed by atoms with E-state index in [0.717, 1.165) is 25.4 Å². The Kier molecular flexibility index (Phi) is 4.59. The van der Waals surface area contributed by atoms with Gasteiger partial charge in [0, 0.05) is 31.4 Å². The maximum absolute atomic E-state index is 13.8. The second-order valence-electron chi connectivity index (χ2n) is 6.00. The van der Waals surface area contributed by atoms with Gasteiger partial charge in [-0.2, -0.15) is 4.39 Å². The molecule has 0 spiro atoms. The van der Waals surface area contributed by atoms with E-state index in [1.807, 2.05) is 24.3 Å². The fourth-order valence-electron chi connectivity index (χ4n) is 3.07. The van der Waals surface area contributed by atoms with Crippen molar-refractivity contribution < 1.29 is 14.2 Å². The molecule has 1 N–H and O–H groups in total. The third-order valence-electron chi connectivity index (χ3n) is 4.51. The number of aromatic nitrogens is 1. The van der Waals surface area contributed by atoms with Gasteiger partial charge in [0.15, 0.2) is 0 Å². The molecule has 0 amide bonds. The summed E-state index contributed by atoms with van der Waals surface area (Å²) in [5, 5.41) is 10.8. The summed E-state index contributed by atoms with van der Waals surface area (Å²) in [7, 11) is 1.65.